The van der Waals surface area contributed by atoms with Crippen LogP contribution in [0.1, 0.15) is 55.3 Å². The van der Waals surface area contributed by atoms with Crippen LogP contribution in [0.25, 0.3) is 0 Å². The second-order valence-corrected chi connectivity index (χ2v) is 7.70. The van der Waals surface area contributed by atoms with Gasteiger partial charge < -0.3 is 15.0 Å². The summed E-state index contributed by atoms with van der Waals surface area (Å²) >= 11 is 0. The number of amides is 2. The number of carbonyl (C=O) groups excluding carboxylic acids is 3. The van der Waals surface area contributed by atoms with Crippen molar-refractivity contribution in [2.75, 3.05) is 20.2 Å². The van der Waals surface area contributed by atoms with Crippen molar-refractivity contribution in [2.24, 2.45) is 5.92 Å². The van der Waals surface area contributed by atoms with Crippen molar-refractivity contribution in [3.8, 4) is 0 Å². The molecule has 2 fully saturated rings. The maximum absolute atomic E-state index is 13.0. The standard InChI is InChI=1S/C21H27FN2O4/c1-28-20(27)21(11-3-2-4-12-21)23-18(25)15-9-13-24(14-10-15)19(26)16-5-7-17(22)8-6-16/h5-8,15H,2-4,9-14H2,1H3,(H,23,25). The quantitative estimate of drug-likeness (QED) is 0.802. The number of nitrogens with one attached hydrogen (secondary N) is 1. The molecule has 6 nitrogen and oxygen atoms in total. The smallest absolute Gasteiger partial charge is 0.331 e. The fourth-order valence-corrected chi connectivity index (χ4v) is 4.19. The lowest BCUT2D eigenvalue weighted by atomic mass is 9.80. The highest BCUT2D eigenvalue weighted by Gasteiger charge is 2.43. The van der Waals surface area contributed by atoms with Crippen molar-refractivity contribution in [1.82, 2.24) is 10.2 Å². The molecule has 1 aliphatic heterocycles. The number of halogens is 1. The lowest BCUT2D eigenvalue weighted by molar-refractivity contribution is -0.153. The molecule has 28 heavy (non-hydrogen) atoms. The van der Waals surface area contributed by atoms with Crippen LogP contribution < -0.4 is 5.32 Å². The number of carbonyl (C=O) groups is 3. The van der Waals surface area contributed by atoms with E-state index >= 15 is 0 Å². The zero-order valence-electron chi connectivity index (χ0n) is 16.2. The van der Waals surface area contributed by atoms with E-state index in [4.69, 9.17) is 4.74 Å². The fourth-order valence-electron chi connectivity index (χ4n) is 4.19. The highest BCUT2D eigenvalue weighted by Crippen LogP contribution is 2.30. The first kappa shape index (κ1) is 20.3. The largest absolute Gasteiger partial charge is 0.467 e. The minimum atomic E-state index is -0.912. The summed E-state index contributed by atoms with van der Waals surface area (Å²) in [6, 6.07) is 5.48. The van der Waals surface area contributed by atoms with Crippen LogP contribution >= 0.6 is 0 Å². The Balaban J connectivity index is 1.58. The van der Waals surface area contributed by atoms with Gasteiger partial charge in [-0.1, -0.05) is 19.3 Å². The number of likely N-dealkylation sites (tertiary alicyclic amines) is 1. The van der Waals surface area contributed by atoms with Gasteiger partial charge in [-0.15, -0.1) is 0 Å². The summed E-state index contributed by atoms with van der Waals surface area (Å²) < 4.78 is 18.0. The van der Waals surface area contributed by atoms with Crippen LogP contribution in [0.3, 0.4) is 0 Å². The van der Waals surface area contributed by atoms with E-state index in [9.17, 15) is 18.8 Å². The molecule has 0 spiro atoms. The van der Waals surface area contributed by atoms with Crippen LogP contribution in [0, 0.1) is 11.7 Å². The van der Waals surface area contributed by atoms with Crippen molar-refractivity contribution < 1.29 is 23.5 Å². The number of hydrogen-bond acceptors (Lipinski definition) is 4. The summed E-state index contributed by atoms with van der Waals surface area (Å²) in [7, 11) is 1.35. The van der Waals surface area contributed by atoms with Crippen LogP contribution in [0.4, 0.5) is 4.39 Å². The van der Waals surface area contributed by atoms with Gasteiger partial charge in [-0.2, -0.15) is 0 Å². The first-order chi connectivity index (χ1) is 13.4. The first-order valence-corrected chi connectivity index (χ1v) is 9.90. The Bertz CT molecular complexity index is 720. The highest BCUT2D eigenvalue weighted by molar-refractivity contribution is 5.94. The van der Waals surface area contributed by atoms with Crippen LogP contribution in [-0.2, 0) is 14.3 Å². The lowest BCUT2D eigenvalue weighted by Gasteiger charge is -2.38. The number of rotatable bonds is 4. The predicted molar refractivity (Wildman–Crippen MR) is 101 cm³/mol. The van der Waals surface area contributed by atoms with Gasteiger partial charge in [-0.05, 0) is 49.9 Å². The van der Waals surface area contributed by atoms with Gasteiger partial charge in [0.25, 0.3) is 5.91 Å². The third-order valence-corrected chi connectivity index (χ3v) is 5.89. The average molecular weight is 390 g/mol. The van der Waals surface area contributed by atoms with Gasteiger partial charge in [0, 0.05) is 24.6 Å². The molecule has 1 aromatic carbocycles. The summed E-state index contributed by atoms with van der Waals surface area (Å²) in [4.78, 5) is 39.3. The summed E-state index contributed by atoms with van der Waals surface area (Å²) in [6.07, 6.45) is 5.12. The first-order valence-electron chi connectivity index (χ1n) is 9.90. The van der Waals surface area contributed by atoms with Gasteiger partial charge in [-0.3, -0.25) is 9.59 Å². The lowest BCUT2D eigenvalue weighted by Crippen LogP contribution is -2.58. The molecular formula is C21H27FN2O4. The molecule has 152 valence electrons. The molecule has 7 heteroatoms. The van der Waals surface area contributed by atoms with E-state index in [1.54, 1.807) is 4.90 Å². The molecule has 0 radical (unpaired) electrons. The minimum absolute atomic E-state index is 0.138. The van der Waals surface area contributed by atoms with E-state index in [1.807, 2.05) is 0 Å². The Kier molecular flexibility index (Phi) is 6.31. The molecule has 1 saturated carbocycles. The number of hydrogen-bond donors (Lipinski definition) is 1. The molecule has 1 saturated heterocycles. The Labute approximate surface area is 164 Å². The second-order valence-electron chi connectivity index (χ2n) is 7.70. The minimum Gasteiger partial charge on any atom is -0.467 e. The van der Waals surface area contributed by atoms with E-state index in [0.717, 1.165) is 19.3 Å². The number of nitrogens with zero attached hydrogens (tertiary/aromatic N) is 1. The van der Waals surface area contributed by atoms with E-state index in [1.165, 1.54) is 31.4 Å². The van der Waals surface area contributed by atoms with Gasteiger partial charge in [0.1, 0.15) is 11.4 Å². The zero-order chi connectivity index (χ0) is 20.1. The molecule has 1 N–H and O–H groups in total. The topological polar surface area (TPSA) is 75.7 Å². The maximum Gasteiger partial charge on any atom is 0.331 e. The van der Waals surface area contributed by atoms with Gasteiger partial charge >= 0.3 is 5.97 Å². The Hall–Kier alpha value is -2.44. The van der Waals surface area contributed by atoms with Gasteiger partial charge in [0.15, 0.2) is 0 Å². The van der Waals surface area contributed by atoms with Crippen molar-refractivity contribution in [3.63, 3.8) is 0 Å². The molecule has 0 bridgehead atoms. The van der Waals surface area contributed by atoms with Crippen molar-refractivity contribution in [3.05, 3.63) is 35.6 Å². The maximum atomic E-state index is 13.0. The van der Waals surface area contributed by atoms with E-state index < -0.39 is 5.54 Å². The van der Waals surface area contributed by atoms with Crippen LogP contribution in [-0.4, -0.2) is 48.4 Å². The molecule has 0 aromatic heterocycles. The third kappa shape index (κ3) is 4.34. The van der Waals surface area contributed by atoms with E-state index in [0.29, 0.717) is 44.3 Å². The van der Waals surface area contributed by atoms with Gasteiger partial charge in [0.2, 0.25) is 5.91 Å². The fraction of sp³-hybridized carbons (Fsp3) is 0.571. The molecule has 0 atom stereocenters. The molecule has 2 aliphatic rings. The third-order valence-electron chi connectivity index (χ3n) is 5.89. The number of ether oxygens (including phenoxy) is 1. The SMILES string of the molecule is COC(=O)C1(NC(=O)C2CCN(C(=O)c3ccc(F)cc3)CC2)CCCCC1. The molecule has 1 heterocycles. The Morgan fingerprint density at radius 1 is 1.07 bits per heavy atom. The molecule has 0 unspecified atom stereocenters. The summed E-state index contributed by atoms with van der Waals surface area (Å²) in [5.74, 6) is -1.28. The number of esters is 1. The van der Waals surface area contributed by atoms with Crippen LogP contribution in [0.5, 0.6) is 0 Å². The van der Waals surface area contributed by atoms with Crippen LogP contribution in [0.15, 0.2) is 24.3 Å². The average Bonchev–Trinajstić information content (AvgIpc) is 2.74. The Morgan fingerprint density at radius 3 is 2.25 bits per heavy atom. The molecular weight excluding hydrogens is 363 g/mol. The molecule has 1 aromatic rings. The van der Waals surface area contributed by atoms with Gasteiger partial charge in [0.05, 0.1) is 7.11 Å². The van der Waals surface area contributed by atoms with Crippen molar-refractivity contribution >= 4 is 17.8 Å². The summed E-state index contributed by atoms with van der Waals surface area (Å²) in [5, 5.41) is 2.98. The number of piperidine rings is 1. The monoisotopic (exact) mass is 390 g/mol. The van der Waals surface area contributed by atoms with E-state index in [2.05, 4.69) is 5.32 Å². The molecule has 2 amide bonds. The predicted octanol–water partition coefficient (Wildman–Crippen LogP) is 2.67. The summed E-state index contributed by atoms with van der Waals surface area (Å²) in [5.41, 5.74) is -0.471. The zero-order valence-corrected chi connectivity index (χ0v) is 16.2. The number of benzene rings is 1. The van der Waals surface area contributed by atoms with Crippen LogP contribution in [0.2, 0.25) is 0 Å². The normalized spacial score (nSPS) is 19.7. The number of methoxy groups -OCH3 is 1. The van der Waals surface area contributed by atoms with E-state index in [-0.39, 0.29) is 29.5 Å². The van der Waals surface area contributed by atoms with Crippen molar-refractivity contribution in [1.29, 1.82) is 0 Å². The molecule has 3 rings (SSSR count). The van der Waals surface area contributed by atoms with Gasteiger partial charge in [-0.25, -0.2) is 9.18 Å². The second kappa shape index (κ2) is 8.71. The van der Waals surface area contributed by atoms with Crippen molar-refractivity contribution in [2.45, 2.75) is 50.5 Å². The molecule has 1 aliphatic carbocycles. The Morgan fingerprint density at radius 2 is 1.68 bits per heavy atom. The summed E-state index contributed by atoms with van der Waals surface area (Å²) in [6.45, 7) is 0.916. The highest BCUT2D eigenvalue weighted by atomic mass is 19.1.